The first-order valence-electron chi connectivity index (χ1n) is 10.6. The molecule has 172 valence electrons. The maximum atomic E-state index is 9.51. The highest BCUT2D eigenvalue weighted by Gasteiger charge is 2.36. The zero-order chi connectivity index (χ0) is 23.1. The number of methoxy groups -OCH3 is 1. The Morgan fingerprint density at radius 3 is 2.39 bits per heavy atom. The van der Waals surface area contributed by atoms with Gasteiger partial charge < -0.3 is 30.5 Å². The fourth-order valence-electron chi connectivity index (χ4n) is 4.68. The Hall–Kier alpha value is -2.42. The van der Waals surface area contributed by atoms with E-state index in [9.17, 15) is 5.11 Å². The van der Waals surface area contributed by atoms with Crippen LogP contribution in [0.2, 0.25) is 0 Å². The summed E-state index contributed by atoms with van der Waals surface area (Å²) in [4.78, 5) is 18.2. The minimum atomic E-state index is -1.82. The number of hydrogen-bond donors (Lipinski definition) is 5. The van der Waals surface area contributed by atoms with Crippen LogP contribution >= 0.6 is 0 Å². The number of nitrogens with one attached hydrogen (secondary N) is 1. The van der Waals surface area contributed by atoms with Crippen molar-refractivity contribution in [2.75, 3.05) is 26.8 Å². The molecule has 2 unspecified atom stereocenters. The topological polar surface area (TPSA) is 136 Å². The van der Waals surface area contributed by atoms with Crippen LogP contribution < -0.4 is 10.1 Å². The van der Waals surface area contributed by atoms with Crippen LogP contribution in [0.1, 0.15) is 60.3 Å². The molecule has 0 bridgehead atoms. The second-order valence-corrected chi connectivity index (χ2v) is 8.04. The molecule has 2 aliphatic carbocycles. The number of benzene rings is 1. The molecule has 0 saturated carbocycles. The van der Waals surface area contributed by atoms with Crippen LogP contribution in [0.25, 0.3) is 5.57 Å². The van der Waals surface area contributed by atoms with Crippen LogP contribution in [0.4, 0.5) is 0 Å². The van der Waals surface area contributed by atoms with Crippen molar-refractivity contribution in [1.82, 2.24) is 5.32 Å². The minimum Gasteiger partial charge on any atom is -0.496 e. The van der Waals surface area contributed by atoms with E-state index in [1.54, 1.807) is 18.3 Å². The molecule has 0 aromatic heterocycles. The molecule has 0 amide bonds. The van der Waals surface area contributed by atoms with Gasteiger partial charge in [-0.1, -0.05) is 11.6 Å². The van der Waals surface area contributed by atoms with Gasteiger partial charge in [0.15, 0.2) is 0 Å². The maximum absolute atomic E-state index is 9.51. The number of aliphatic carboxylic acids is 2. The Kier molecular flexibility index (Phi) is 9.03. The first-order valence-corrected chi connectivity index (χ1v) is 10.6. The van der Waals surface area contributed by atoms with Gasteiger partial charge in [0.1, 0.15) is 5.75 Å². The number of carboxylic acids is 2. The quantitative estimate of drug-likeness (QED) is 0.325. The molecule has 5 N–H and O–H groups in total. The lowest BCUT2D eigenvalue weighted by molar-refractivity contribution is -0.159. The molecule has 0 spiro atoms. The summed E-state index contributed by atoms with van der Waals surface area (Å²) in [5.41, 5.74) is 8.59. The first kappa shape index (κ1) is 24.8. The van der Waals surface area contributed by atoms with E-state index in [1.165, 1.54) is 47.9 Å². The number of carboxylic acid groups (broad SMARTS) is 2. The third-order valence-electron chi connectivity index (χ3n) is 5.87. The number of hydrogen-bond acceptors (Lipinski definition) is 6. The van der Waals surface area contributed by atoms with E-state index in [0.29, 0.717) is 12.5 Å². The van der Waals surface area contributed by atoms with E-state index < -0.39 is 18.0 Å². The molecular formula is C23H33NO7. The maximum Gasteiger partial charge on any atom is 0.414 e. The van der Waals surface area contributed by atoms with Crippen molar-refractivity contribution in [3.05, 3.63) is 33.9 Å². The largest absolute Gasteiger partial charge is 0.496 e. The van der Waals surface area contributed by atoms with Gasteiger partial charge in [-0.3, -0.25) is 0 Å². The van der Waals surface area contributed by atoms with Crippen molar-refractivity contribution in [3.8, 4) is 5.75 Å². The van der Waals surface area contributed by atoms with E-state index >= 15 is 0 Å². The van der Waals surface area contributed by atoms with E-state index in [1.807, 2.05) is 0 Å². The molecule has 1 aromatic carbocycles. The van der Waals surface area contributed by atoms with Crippen LogP contribution in [0.5, 0.6) is 5.75 Å². The molecule has 1 aromatic rings. The van der Waals surface area contributed by atoms with E-state index in [4.69, 9.17) is 29.6 Å². The lowest BCUT2D eigenvalue weighted by Crippen LogP contribution is -2.30. The SMILES string of the molecule is COc1c(C)cc(C)c2c1C(CCNCC(O)CO)C1=C2CCCC1.O=C(O)C(=O)O. The van der Waals surface area contributed by atoms with Gasteiger partial charge >= 0.3 is 11.9 Å². The molecule has 2 aliphatic rings. The number of carbonyl (C=O) groups is 2. The Bertz CT molecular complexity index is 835. The zero-order valence-corrected chi connectivity index (χ0v) is 18.4. The van der Waals surface area contributed by atoms with Gasteiger partial charge in [-0.15, -0.1) is 0 Å². The van der Waals surface area contributed by atoms with Gasteiger partial charge in [-0.25, -0.2) is 9.59 Å². The van der Waals surface area contributed by atoms with E-state index in [2.05, 4.69) is 25.2 Å². The van der Waals surface area contributed by atoms with Gasteiger partial charge in [0.05, 0.1) is 19.8 Å². The van der Waals surface area contributed by atoms with E-state index in [-0.39, 0.29) is 6.61 Å². The van der Waals surface area contributed by atoms with Crippen LogP contribution in [0.3, 0.4) is 0 Å². The number of aryl methyl sites for hydroxylation is 2. The highest BCUT2D eigenvalue weighted by atomic mass is 16.5. The summed E-state index contributed by atoms with van der Waals surface area (Å²) >= 11 is 0. The Morgan fingerprint density at radius 1 is 1.16 bits per heavy atom. The van der Waals surface area contributed by atoms with Gasteiger partial charge in [0, 0.05) is 18.0 Å². The molecule has 3 rings (SSSR count). The van der Waals surface area contributed by atoms with Crippen molar-refractivity contribution < 1.29 is 34.8 Å². The summed E-state index contributed by atoms with van der Waals surface area (Å²) in [6.07, 6.45) is 5.25. The highest BCUT2D eigenvalue weighted by Crippen LogP contribution is 2.54. The third-order valence-corrected chi connectivity index (χ3v) is 5.87. The molecule has 2 atom stereocenters. The Labute approximate surface area is 182 Å². The van der Waals surface area contributed by atoms with Crippen molar-refractivity contribution in [2.45, 2.75) is 58.0 Å². The summed E-state index contributed by atoms with van der Waals surface area (Å²) < 4.78 is 5.82. The molecule has 0 saturated heterocycles. The van der Waals surface area contributed by atoms with Crippen molar-refractivity contribution in [2.24, 2.45) is 0 Å². The average Bonchev–Trinajstić information content (AvgIpc) is 3.06. The van der Waals surface area contributed by atoms with Gasteiger partial charge in [-0.2, -0.15) is 0 Å². The number of ether oxygens (including phenoxy) is 1. The first-order chi connectivity index (χ1) is 14.7. The molecule has 0 heterocycles. The molecule has 8 nitrogen and oxygen atoms in total. The number of fused-ring (bicyclic) bond motifs is 2. The molecular weight excluding hydrogens is 402 g/mol. The summed E-state index contributed by atoms with van der Waals surface area (Å²) in [7, 11) is 1.78. The summed E-state index contributed by atoms with van der Waals surface area (Å²) in [5.74, 6) is -2.18. The normalized spacial score (nSPS) is 17.9. The molecule has 31 heavy (non-hydrogen) atoms. The fraction of sp³-hybridized carbons (Fsp3) is 0.565. The number of aliphatic hydroxyl groups excluding tert-OH is 2. The smallest absolute Gasteiger partial charge is 0.414 e. The average molecular weight is 436 g/mol. The van der Waals surface area contributed by atoms with Crippen LogP contribution in [-0.4, -0.2) is 65.3 Å². The predicted molar refractivity (Wildman–Crippen MR) is 116 cm³/mol. The van der Waals surface area contributed by atoms with Crippen LogP contribution in [0, 0.1) is 13.8 Å². The number of allylic oxidation sites excluding steroid dienone is 2. The third kappa shape index (κ3) is 5.84. The standard InChI is InChI=1S/C21H31NO3.C2H2O4/c1-13-10-14(2)21(25-3)20-18(8-9-22-11-15(24)12-23)16-6-4-5-7-17(16)19(13)20;3-1(4)2(5)6/h10,15,18,22-24H,4-9,11-12H2,1-3H3;(H,3,4)(H,5,6). The second kappa shape index (κ2) is 11.3. The van der Waals surface area contributed by atoms with Crippen molar-refractivity contribution in [1.29, 1.82) is 0 Å². The van der Waals surface area contributed by atoms with Gasteiger partial charge in [0.25, 0.3) is 0 Å². The minimum absolute atomic E-state index is 0.194. The van der Waals surface area contributed by atoms with Crippen molar-refractivity contribution >= 4 is 17.5 Å². The Morgan fingerprint density at radius 2 is 1.81 bits per heavy atom. The molecule has 8 heteroatoms. The summed E-state index contributed by atoms with van der Waals surface area (Å²) in [6, 6.07) is 2.26. The van der Waals surface area contributed by atoms with Gasteiger partial charge in [-0.05, 0) is 74.8 Å². The monoisotopic (exact) mass is 435 g/mol. The zero-order valence-electron chi connectivity index (χ0n) is 18.4. The second-order valence-electron chi connectivity index (χ2n) is 8.04. The fourth-order valence-corrected chi connectivity index (χ4v) is 4.68. The molecule has 0 radical (unpaired) electrons. The summed E-state index contributed by atoms with van der Waals surface area (Å²) in [5, 5.41) is 36.5. The molecule has 0 aliphatic heterocycles. The van der Waals surface area contributed by atoms with Crippen LogP contribution in [0.15, 0.2) is 11.6 Å². The number of aliphatic hydroxyl groups is 2. The highest BCUT2D eigenvalue weighted by molar-refractivity contribution is 6.27. The van der Waals surface area contributed by atoms with Gasteiger partial charge in [0.2, 0.25) is 0 Å². The van der Waals surface area contributed by atoms with E-state index in [0.717, 1.165) is 18.7 Å². The Balaban J connectivity index is 0.000000501. The van der Waals surface area contributed by atoms with Crippen LogP contribution in [-0.2, 0) is 9.59 Å². The lowest BCUT2D eigenvalue weighted by Gasteiger charge is -2.22. The number of rotatable bonds is 7. The predicted octanol–water partition coefficient (Wildman–Crippen LogP) is 2.23. The lowest BCUT2D eigenvalue weighted by atomic mass is 9.86. The van der Waals surface area contributed by atoms with Crippen molar-refractivity contribution in [3.63, 3.8) is 0 Å². The summed E-state index contributed by atoms with van der Waals surface area (Å²) in [6.45, 7) is 5.43. The molecule has 0 fully saturated rings.